The van der Waals surface area contributed by atoms with Crippen LogP contribution in [0.3, 0.4) is 0 Å². The van der Waals surface area contributed by atoms with Crippen LogP contribution in [0.1, 0.15) is 66.6 Å². The van der Waals surface area contributed by atoms with Crippen LogP contribution in [0.25, 0.3) is 11.0 Å². The molecule has 0 amide bonds. The first kappa shape index (κ1) is 20.5. The van der Waals surface area contributed by atoms with E-state index in [0.717, 1.165) is 51.8 Å². The van der Waals surface area contributed by atoms with E-state index in [2.05, 4.69) is 21.4 Å². The number of carbonyl (C=O) groups is 1. The molecule has 1 atom stereocenters. The van der Waals surface area contributed by atoms with Gasteiger partial charge in [0, 0.05) is 17.8 Å². The minimum atomic E-state index is -0.858. The molecule has 0 aliphatic heterocycles. The molecule has 30 heavy (non-hydrogen) atoms. The van der Waals surface area contributed by atoms with Gasteiger partial charge in [-0.2, -0.15) is 0 Å². The largest absolute Gasteiger partial charge is 0.469 e. The highest BCUT2D eigenvalue weighted by atomic mass is 16.5. The summed E-state index contributed by atoms with van der Waals surface area (Å²) >= 11 is 0. The number of hydrogen-bond acceptors (Lipinski definition) is 6. The van der Waals surface area contributed by atoms with Crippen LogP contribution in [0, 0.1) is 19.3 Å². The molecule has 0 saturated heterocycles. The fraction of sp³-hybridized carbons (Fsp3) is 0.478. The van der Waals surface area contributed by atoms with Gasteiger partial charge in [0.25, 0.3) is 0 Å². The highest BCUT2D eigenvalue weighted by molar-refractivity contribution is 5.82. The number of benzene rings is 1. The standard InChI is InChI=1S/C23H28N4O3/c1-13-18(8-9-19-21(13)25-26-27(19)17-6-7-17)20(23(3,4)22(29)30-5)15-10-16(12-28)14(2)24-11-15/h8-11,17,20,28H,6-7,12H2,1-5H3/t20-/m1/s1. The number of hydrogen-bond donors (Lipinski definition) is 1. The normalized spacial score (nSPS) is 15.4. The van der Waals surface area contributed by atoms with Gasteiger partial charge in [0.1, 0.15) is 5.52 Å². The second-order valence-electron chi connectivity index (χ2n) is 8.73. The summed E-state index contributed by atoms with van der Waals surface area (Å²) in [6.07, 6.45) is 4.06. The summed E-state index contributed by atoms with van der Waals surface area (Å²) in [5, 5.41) is 18.6. The van der Waals surface area contributed by atoms with E-state index in [9.17, 15) is 9.90 Å². The van der Waals surface area contributed by atoms with Gasteiger partial charge in [-0.1, -0.05) is 11.3 Å². The highest BCUT2D eigenvalue weighted by Crippen LogP contribution is 2.45. The van der Waals surface area contributed by atoms with Gasteiger partial charge < -0.3 is 9.84 Å². The van der Waals surface area contributed by atoms with E-state index in [1.54, 1.807) is 6.20 Å². The molecule has 2 aromatic heterocycles. The first-order valence-electron chi connectivity index (χ1n) is 10.3. The third kappa shape index (κ3) is 3.27. The van der Waals surface area contributed by atoms with Crippen molar-refractivity contribution in [2.75, 3.05) is 7.11 Å². The van der Waals surface area contributed by atoms with E-state index < -0.39 is 5.41 Å². The molecule has 7 nitrogen and oxygen atoms in total. The molecule has 3 aromatic rings. The predicted molar refractivity (Wildman–Crippen MR) is 113 cm³/mol. The zero-order valence-electron chi connectivity index (χ0n) is 18.1. The van der Waals surface area contributed by atoms with Crippen molar-refractivity contribution in [2.24, 2.45) is 5.41 Å². The molecule has 7 heteroatoms. The van der Waals surface area contributed by atoms with Crippen molar-refractivity contribution in [1.82, 2.24) is 20.0 Å². The number of fused-ring (bicyclic) bond motifs is 1. The minimum Gasteiger partial charge on any atom is -0.469 e. The third-order valence-electron chi connectivity index (χ3n) is 6.29. The molecule has 1 aromatic carbocycles. The Bertz CT molecular complexity index is 1120. The van der Waals surface area contributed by atoms with Gasteiger partial charge in [-0.15, -0.1) is 5.10 Å². The molecule has 158 valence electrons. The quantitative estimate of drug-likeness (QED) is 0.627. The second kappa shape index (κ2) is 7.47. The van der Waals surface area contributed by atoms with Crippen molar-refractivity contribution in [3.05, 3.63) is 52.3 Å². The number of aromatic nitrogens is 4. The first-order chi connectivity index (χ1) is 14.3. The summed E-state index contributed by atoms with van der Waals surface area (Å²) in [5.41, 5.74) is 5.37. The van der Waals surface area contributed by atoms with Gasteiger partial charge in [-0.25, -0.2) is 4.68 Å². The summed E-state index contributed by atoms with van der Waals surface area (Å²) in [5.74, 6) is -0.626. The molecule has 1 aliphatic carbocycles. The van der Waals surface area contributed by atoms with Gasteiger partial charge in [-0.05, 0) is 74.9 Å². The van der Waals surface area contributed by atoms with Crippen molar-refractivity contribution < 1.29 is 14.6 Å². The Morgan fingerprint density at radius 1 is 1.33 bits per heavy atom. The van der Waals surface area contributed by atoms with E-state index in [-0.39, 0.29) is 18.5 Å². The zero-order chi connectivity index (χ0) is 21.6. The lowest BCUT2D eigenvalue weighted by Crippen LogP contribution is -2.34. The van der Waals surface area contributed by atoms with Crippen LogP contribution in [-0.4, -0.2) is 38.2 Å². The molecule has 4 rings (SSSR count). The van der Waals surface area contributed by atoms with Gasteiger partial charge in [0.2, 0.25) is 0 Å². The second-order valence-corrected chi connectivity index (χ2v) is 8.73. The Hall–Kier alpha value is -2.80. The number of methoxy groups -OCH3 is 1. The number of carbonyl (C=O) groups excluding carboxylic acids is 1. The van der Waals surface area contributed by atoms with Gasteiger partial charge in [0.05, 0.1) is 30.7 Å². The maximum absolute atomic E-state index is 12.8. The smallest absolute Gasteiger partial charge is 0.312 e. The first-order valence-corrected chi connectivity index (χ1v) is 10.3. The van der Waals surface area contributed by atoms with Crippen LogP contribution in [0.15, 0.2) is 24.4 Å². The lowest BCUT2D eigenvalue weighted by Gasteiger charge is -2.33. The maximum atomic E-state index is 12.8. The molecule has 1 N–H and O–H groups in total. The van der Waals surface area contributed by atoms with E-state index >= 15 is 0 Å². The zero-order valence-corrected chi connectivity index (χ0v) is 18.1. The van der Waals surface area contributed by atoms with Crippen LogP contribution in [-0.2, 0) is 16.1 Å². The van der Waals surface area contributed by atoms with Crippen molar-refractivity contribution >= 4 is 17.0 Å². The summed E-state index contributed by atoms with van der Waals surface area (Å²) in [6, 6.07) is 6.48. The Morgan fingerprint density at radius 2 is 2.07 bits per heavy atom. The van der Waals surface area contributed by atoms with Crippen LogP contribution in [0.2, 0.25) is 0 Å². The minimum absolute atomic E-state index is 0.105. The number of nitrogens with zero attached hydrogens (tertiary/aromatic N) is 4. The van der Waals surface area contributed by atoms with E-state index in [4.69, 9.17) is 4.74 Å². The molecular formula is C23H28N4O3. The maximum Gasteiger partial charge on any atom is 0.312 e. The Kier molecular flexibility index (Phi) is 5.10. The van der Waals surface area contributed by atoms with Crippen LogP contribution >= 0.6 is 0 Å². The van der Waals surface area contributed by atoms with Crippen molar-refractivity contribution in [3.8, 4) is 0 Å². The number of pyridine rings is 1. The number of aliphatic hydroxyl groups excluding tert-OH is 1. The number of rotatable bonds is 6. The Labute approximate surface area is 176 Å². The predicted octanol–water partition coefficient (Wildman–Crippen LogP) is 3.60. The summed E-state index contributed by atoms with van der Waals surface area (Å²) in [7, 11) is 1.41. The lowest BCUT2D eigenvalue weighted by molar-refractivity contribution is -0.151. The lowest BCUT2D eigenvalue weighted by atomic mass is 9.70. The van der Waals surface area contributed by atoms with E-state index in [1.165, 1.54) is 7.11 Å². The fourth-order valence-corrected chi connectivity index (χ4v) is 4.34. The van der Waals surface area contributed by atoms with Crippen LogP contribution in [0.4, 0.5) is 0 Å². The number of esters is 1. The molecular weight excluding hydrogens is 380 g/mol. The molecule has 0 radical (unpaired) electrons. The number of aryl methyl sites for hydroxylation is 2. The van der Waals surface area contributed by atoms with E-state index in [1.807, 2.05) is 44.5 Å². The monoisotopic (exact) mass is 408 g/mol. The van der Waals surface area contributed by atoms with Crippen molar-refractivity contribution in [1.29, 1.82) is 0 Å². The SMILES string of the molecule is COC(=O)C(C)(C)[C@H](c1cnc(C)c(CO)c1)c1ccc2c(nnn2C2CC2)c1C. The summed E-state index contributed by atoms with van der Waals surface area (Å²) < 4.78 is 7.15. The van der Waals surface area contributed by atoms with Crippen LogP contribution < -0.4 is 0 Å². The Morgan fingerprint density at radius 3 is 2.70 bits per heavy atom. The van der Waals surface area contributed by atoms with E-state index in [0.29, 0.717) is 6.04 Å². The van der Waals surface area contributed by atoms with Crippen molar-refractivity contribution in [3.63, 3.8) is 0 Å². The van der Waals surface area contributed by atoms with Gasteiger partial charge in [0.15, 0.2) is 0 Å². The fourth-order valence-electron chi connectivity index (χ4n) is 4.34. The summed E-state index contributed by atoms with van der Waals surface area (Å²) in [4.78, 5) is 17.3. The highest BCUT2D eigenvalue weighted by Gasteiger charge is 2.41. The summed E-state index contributed by atoms with van der Waals surface area (Å²) in [6.45, 7) is 7.55. The molecule has 2 heterocycles. The number of aliphatic hydroxyl groups is 1. The number of ether oxygens (including phenoxy) is 1. The third-order valence-corrected chi connectivity index (χ3v) is 6.29. The average Bonchev–Trinajstić information content (AvgIpc) is 3.48. The molecule has 1 fully saturated rings. The van der Waals surface area contributed by atoms with Gasteiger partial charge >= 0.3 is 5.97 Å². The molecule has 1 aliphatic rings. The molecule has 1 saturated carbocycles. The average molecular weight is 409 g/mol. The Balaban J connectivity index is 1.92. The topological polar surface area (TPSA) is 90.1 Å². The molecule has 0 bridgehead atoms. The molecule has 0 spiro atoms. The van der Waals surface area contributed by atoms with Gasteiger partial charge in [-0.3, -0.25) is 9.78 Å². The molecule has 0 unspecified atom stereocenters. The van der Waals surface area contributed by atoms with Crippen LogP contribution in [0.5, 0.6) is 0 Å². The van der Waals surface area contributed by atoms with Crippen molar-refractivity contribution in [2.45, 2.75) is 59.1 Å².